The second kappa shape index (κ2) is 6.57. The van der Waals surface area contributed by atoms with E-state index in [1.807, 2.05) is 6.07 Å². The second-order valence-corrected chi connectivity index (χ2v) is 7.30. The van der Waals surface area contributed by atoms with Crippen molar-refractivity contribution in [3.8, 4) is 0 Å². The molecule has 4 heteroatoms. The van der Waals surface area contributed by atoms with Crippen molar-refractivity contribution >= 4 is 22.9 Å². The van der Waals surface area contributed by atoms with Crippen molar-refractivity contribution in [2.45, 2.75) is 58.2 Å². The first kappa shape index (κ1) is 15.3. The summed E-state index contributed by atoms with van der Waals surface area (Å²) in [6.45, 7) is 10.2. The normalized spacial score (nSPS) is 23.7. The minimum Gasteiger partial charge on any atom is -0.311 e. The topological polar surface area (TPSA) is 15.3 Å². The average Bonchev–Trinajstić information content (AvgIpc) is 2.84. The summed E-state index contributed by atoms with van der Waals surface area (Å²) in [7, 11) is 0. The molecule has 1 unspecified atom stereocenters. The van der Waals surface area contributed by atoms with Gasteiger partial charge in [-0.1, -0.05) is 32.4 Å². The summed E-state index contributed by atoms with van der Waals surface area (Å²) in [5, 5.41) is 3.72. The lowest BCUT2D eigenvalue weighted by atomic mass is 9.86. The largest absolute Gasteiger partial charge is 0.311 e. The molecule has 0 saturated carbocycles. The van der Waals surface area contributed by atoms with E-state index in [1.165, 1.54) is 24.1 Å². The second-order valence-electron chi connectivity index (χ2n) is 5.50. The fraction of sp³-hybridized carbons (Fsp3) is 0.733. The van der Waals surface area contributed by atoms with Crippen LogP contribution in [0, 0.1) is 0 Å². The summed E-state index contributed by atoms with van der Waals surface area (Å²) in [5.74, 6) is 0. The number of piperazine rings is 1. The predicted octanol–water partition coefficient (Wildman–Crippen LogP) is 4.14. The van der Waals surface area contributed by atoms with Crippen LogP contribution in [-0.4, -0.2) is 29.6 Å². The van der Waals surface area contributed by atoms with Crippen LogP contribution in [0.5, 0.6) is 0 Å². The summed E-state index contributed by atoms with van der Waals surface area (Å²) in [6.07, 6.45) is 3.60. The number of hydrogen-bond donors (Lipinski definition) is 1. The molecule has 1 aromatic heterocycles. The molecule has 1 aliphatic heterocycles. The molecule has 2 rings (SSSR count). The van der Waals surface area contributed by atoms with Gasteiger partial charge in [0.25, 0.3) is 0 Å². The summed E-state index contributed by atoms with van der Waals surface area (Å²) >= 11 is 7.78. The molecule has 1 atom stereocenters. The first-order valence-electron chi connectivity index (χ1n) is 7.36. The number of thiophene rings is 1. The molecule has 108 valence electrons. The van der Waals surface area contributed by atoms with Gasteiger partial charge in [-0.05, 0) is 31.4 Å². The Balaban J connectivity index is 2.15. The zero-order chi connectivity index (χ0) is 13.9. The van der Waals surface area contributed by atoms with E-state index in [0.717, 1.165) is 24.0 Å². The molecular weight excluding hydrogens is 276 g/mol. The third kappa shape index (κ3) is 3.33. The standard InChI is InChI=1S/C15H25ClN2S/c1-4-12-9-18(10-13-7-8-14(16)19-13)15(5-2,6-3)11-17-12/h7-8,12,17H,4-6,9-11H2,1-3H3. The van der Waals surface area contributed by atoms with Gasteiger partial charge >= 0.3 is 0 Å². The third-order valence-corrected chi connectivity index (χ3v) is 5.83. The van der Waals surface area contributed by atoms with Crippen molar-refractivity contribution < 1.29 is 0 Å². The highest BCUT2D eigenvalue weighted by Crippen LogP contribution is 2.31. The molecule has 1 aliphatic rings. The zero-order valence-electron chi connectivity index (χ0n) is 12.2. The van der Waals surface area contributed by atoms with Gasteiger partial charge in [-0.25, -0.2) is 0 Å². The van der Waals surface area contributed by atoms with Gasteiger partial charge in [-0.2, -0.15) is 0 Å². The molecule has 0 radical (unpaired) electrons. The molecule has 2 heterocycles. The Bertz CT molecular complexity index is 401. The zero-order valence-corrected chi connectivity index (χ0v) is 13.8. The van der Waals surface area contributed by atoms with Crippen molar-refractivity contribution in [2.75, 3.05) is 13.1 Å². The van der Waals surface area contributed by atoms with E-state index in [-0.39, 0.29) is 0 Å². The van der Waals surface area contributed by atoms with Crippen LogP contribution in [0.25, 0.3) is 0 Å². The van der Waals surface area contributed by atoms with Gasteiger partial charge in [-0.3, -0.25) is 4.90 Å². The van der Waals surface area contributed by atoms with E-state index in [1.54, 1.807) is 11.3 Å². The maximum absolute atomic E-state index is 6.06. The number of rotatable bonds is 5. The SMILES string of the molecule is CCC1CN(Cc2ccc(Cl)s2)C(CC)(CC)CN1. The molecule has 0 aromatic carbocycles. The van der Waals surface area contributed by atoms with E-state index in [2.05, 4.69) is 37.1 Å². The fourth-order valence-corrected chi connectivity index (χ4v) is 4.15. The van der Waals surface area contributed by atoms with Crippen LogP contribution in [0.4, 0.5) is 0 Å². The van der Waals surface area contributed by atoms with E-state index < -0.39 is 0 Å². The highest BCUT2D eigenvalue weighted by atomic mass is 35.5. The molecule has 2 nitrogen and oxygen atoms in total. The third-order valence-electron chi connectivity index (χ3n) is 4.62. The van der Waals surface area contributed by atoms with Gasteiger partial charge in [0, 0.05) is 36.1 Å². The van der Waals surface area contributed by atoms with Crippen LogP contribution >= 0.6 is 22.9 Å². The van der Waals surface area contributed by atoms with Crippen LogP contribution in [0.1, 0.15) is 44.9 Å². The van der Waals surface area contributed by atoms with E-state index >= 15 is 0 Å². The molecule has 0 aliphatic carbocycles. The summed E-state index contributed by atoms with van der Waals surface area (Å²) in [5.41, 5.74) is 0.308. The Hall–Kier alpha value is -0.0900. The van der Waals surface area contributed by atoms with Crippen LogP contribution < -0.4 is 5.32 Å². The smallest absolute Gasteiger partial charge is 0.0931 e. The molecule has 0 spiro atoms. The molecule has 1 aromatic rings. The number of nitrogens with zero attached hydrogens (tertiary/aromatic N) is 1. The quantitative estimate of drug-likeness (QED) is 0.879. The van der Waals surface area contributed by atoms with E-state index in [0.29, 0.717) is 11.6 Å². The van der Waals surface area contributed by atoms with Crippen molar-refractivity contribution in [1.29, 1.82) is 0 Å². The number of hydrogen-bond acceptors (Lipinski definition) is 3. The molecule has 1 fully saturated rings. The average molecular weight is 301 g/mol. The van der Waals surface area contributed by atoms with Crippen molar-refractivity contribution in [3.63, 3.8) is 0 Å². The molecule has 0 bridgehead atoms. The number of nitrogens with one attached hydrogen (secondary N) is 1. The van der Waals surface area contributed by atoms with Crippen LogP contribution in [-0.2, 0) is 6.54 Å². The first-order valence-corrected chi connectivity index (χ1v) is 8.55. The Morgan fingerprint density at radius 2 is 2.11 bits per heavy atom. The molecule has 1 saturated heterocycles. The Morgan fingerprint density at radius 3 is 2.63 bits per heavy atom. The first-order chi connectivity index (χ1) is 9.13. The number of halogens is 1. The maximum atomic E-state index is 6.06. The Morgan fingerprint density at radius 1 is 1.37 bits per heavy atom. The fourth-order valence-electron chi connectivity index (χ4n) is 3.05. The van der Waals surface area contributed by atoms with Gasteiger partial charge in [0.1, 0.15) is 0 Å². The van der Waals surface area contributed by atoms with Crippen molar-refractivity contribution in [2.24, 2.45) is 0 Å². The molecule has 19 heavy (non-hydrogen) atoms. The lowest BCUT2D eigenvalue weighted by Crippen LogP contribution is -2.63. The molecular formula is C15H25ClN2S. The molecule has 0 amide bonds. The minimum absolute atomic E-state index is 0.308. The lowest BCUT2D eigenvalue weighted by Gasteiger charge is -2.49. The Labute approximate surface area is 126 Å². The van der Waals surface area contributed by atoms with Crippen LogP contribution in [0.2, 0.25) is 4.34 Å². The maximum Gasteiger partial charge on any atom is 0.0931 e. The lowest BCUT2D eigenvalue weighted by molar-refractivity contribution is 0.0246. The van der Waals surface area contributed by atoms with Gasteiger partial charge in [0.2, 0.25) is 0 Å². The van der Waals surface area contributed by atoms with E-state index in [9.17, 15) is 0 Å². The predicted molar refractivity (Wildman–Crippen MR) is 85.1 cm³/mol. The van der Waals surface area contributed by atoms with Crippen molar-refractivity contribution in [3.05, 3.63) is 21.3 Å². The summed E-state index contributed by atoms with van der Waals surface area (Å²) in [4.78, 5) is 4.06. The highest BCUT2D eigenvalue weighted by molar-refractivity contribution is 7.16. The van der Waals surface area contributed by atoms with Gasteiger partial charge in [0.15, 0.2) is 0 Å². The summed E-state index contributed by atoms with van der Waals surface area (Å²) in [6, 6.07) is 4.81. The minimum atomic E-state index is 0.308. The molecule has 1 N–H and O–H groups in total. The highest BCUT2D eigenvalue weighted by Gasteiger charge is 2.38. The van der Waals surface area contributed by atoms with Crippen molar-refractivity contribution in [1.82, 2.24) is 10.2 Å². The van der Waals surface area contributed by atoms with E-state index in [4.69, 9.17) is 11.6 Å². The summed E-state index contributed by atoms with van der Waals surface area (Å²) < 4.78 is 0.899. The van der Waals surface area contributed by atoms with Gasteiger partial charge < -0.3 is 5.32 Å². The van der Waals surface area contributed by atoms with Crippen LogP contribution in [0.3, 0.4) is 0 Å². The monoisotopic (exact) mass is 300 g/mol. The van der Waals surface area contributed by atoms with Gasteiger partial charge in [0.05, 0.1) is 4.34 Å². The van der Waals surface area contributed by atoms with Crippen LogP contribution in [0.15, 0.2) is 12.1 Å². The van der Waals surface area contributed by atoms with Gasteiger partial charge in [-0.15, -0.1) is 11.3 Å². The Kier molecular flexibility index (Phi) is 5.29.